The zero-order valence-corrected chi connectivity index (χ0v) is 11.7. The van der Waals surface area contributed by atoms with Gasteiger partial charge >= 0.3 is 12.0 Å². The molecular formula is C15H18N2O4. The van der Waals surface area contributed by atoms with E-state index in [-0.39, 0.29) is 18.4 Å². The zero-order valence-electron chi connectivity index (χ0n) is 11.7. The number of nitrogens with zero attached hydrogens (tertiary/aromatic N) is 2. The van der Waals surface area contributed by atoms with Crippen LogP contribution in [0.15, 0.2) is 24.3 Å². The van der Waals surface area contributed by atoms with Crippen molar-refractivity contribution in [2.24, 2.45) is 0 Å². The van der Waals surface area contributed by atoms with Crippen molar-refractivity contribution in [3.05, 3.63) is 29.8 Å². The van der Waals surface area contributed by atoms with Crippen LogP contribution < -0.4 is 4.90 Å². The van der Waals surface area contributed by atoms with E-state index in [4.69, 9.17) is 9.84 Å². The molecule has 1 unspecified atom stereocenters. The fourth-order valence-electron chi connectivity index (χ4n) is 2.99. The number of carboxylic acid groups (broad SMARTS) is 1. The highest BCUT2D eigenvalue weighted by Gasteiger charge is 2.35. The summed E-state index contributed by atoms with van der Waals surface area (Å²) in [6.45, 7) is 2.71. The van der Waals surface area contributed by atoms with E-state index >= 15 is 0 Å². The average Bonchev–Trinajstić information content (AvgIpc) is 2.86. The summed E-state index contributed by atoms with van der Waals surface area (Å²) in [7, 11) is 0. The first-order valence-electron chi connectivity index (χ1n) is 7.11. The maximum absolute atomic E-state index is 12.6. The van der Waals surface area contributed by atoms with Crippen molar-refractivity contribution in [2.75, 3.05) is 37.7 Å². The van der Waals surface area contributed by atoms with Crippen LogP contribution in [0.2, 0.25) is 0 Å². The molecule has 2 heterocycles. The van der Waals surface area contributed by atoms with E-state index < -0.39 is 5.97 Å². The molecule has 2 aliphatic rings. The number of ether oxygens (including phenoxy) is 1. The summed E-state index contributed by atoms with van der Waals surface area (Å²) in [4.78, 5) is 27.1. The number of carbonyl (C=O) groups excluding carboxylic acids is 1. The first-order chi connectivity index (χ1) is 10.2. The summed E-state index contributed by atoms with van der Waals surface area (Å²) in [5, 5.41) is 9.04. The first kappa shape index (κ1) is 13.9. The van der Waals surface area contributed by atoms with Gasteiger partial charge in [-0.1, -0.05) is 18.2 Å². The second-order valence-corrected chi connectivity index (χ2v) is 5.35. The van der Waals surface area contributed by atoms with Crippen molar-refractivity contribution >= 4 is 17.7 Å². The van der Waals surface area contributed by atoms with Gasteiger partial charge in [-0.25, -0.2) is 4.79 Å². The minimum atomic E-state index is -0.838. The normalized spacial score (nSPS) is 21.2. The van der Waals surface area contributed by atoms with Crippen LogP contribution in [0, 0.1) is 0 Å². The minimum absolute atomic E-state index is 0.0455. The Hall–Kier alpha value is -2.08. The Labute approximate surface area is 122 Å². The van der Waals surface area contributed by atoms with E-state index in [1.807, 2.05) is 24.3 Å². The summed E-state index contributed by atoms with van der Waals surface area (Å²) in [6.07, 6.45) is 0.0455. The van der Waals surface area contributed by atoms with Gasteiger partial charge in [0, 0.05) is 31.2 Å². The molecule has 1 atom stereocenters. The maximum Gasteiger partial charge on any atom is 0.324 e. The summed E-state index contributed by atoms with van der Waals surface area (Å²) in [5.41, 5.74) is 1.78. The van der Waals surface area contributed by atoms with Gasteiger partial charge < -0.3 is 14.7 Å². The molecule has 1 saturated heterocycles. The maximum atomic E-state index is 12.6. The van der Waals surface area contributed by atoms with E-state index in [1.54, 1.807) is 9.80 Å². The molecule has 21 heavy (non-hydrogen) atoms. The Morgan fingerprint density at radius 3 is 2.67 bits per heavy atom. The van der Waals surface area contributed by atoms with Gasteiger partial charge in [-0.05, 0) is 11.6 Å². The lowest BCUT2D eigenvalue weighted by atomic mass is 9.98. The number of anilines is 1. The Morgan fingerprint density at radius 2 is 1.95 bits per heavy atom. The Kier molecular flexibility index (Phi) is 3.79. The monoisotopic (exact) mass is 290 g/mol. The number of rotatable bonds is 2. The number of fused-ring (bicyclic) bond motifs is 1. The topological polar surface area (TPSA) is 70.1 Å². The number of benzene rings is 1. The summed E-state index contributed by atoms with van der Waals surface area (Å²) in [5.74, 6) is -0.973. The van der Waals surface area contributed by atoms with E-state index in [0.717, 1.165) is 11.3 Å². The van der Waals surface area contributed by atoms with Crippen LogP contribution in [0.4, 0.5) is 10.5 Å². The number of carboxylic acids is 1. The van der Waals surface area contributed by atoms with Crippen LogP contribution in [-0.4, -0.2) is 54.9 Å². The van der Waals surface area contributed by atoms with Crippen LogP contribution in [0.1, 0.15) is 17.9 Å². The number of hydrogen-bond acceptors (Lipinski definition) is 3. The summed E-state index contributed by atoms with van der Waals surface area (Å²) in [6, 6.07) is 7.50. The molecule has 1 aromatic carbocycles. The van der Waals surface area contributed by atoms with Crippen molar-refractivity contribution < 1.29 is 19.4 Å². The van der Waals surface area contributed by atoms with Gasteiger partial charge in [-0.3, -0.25) is 9.69 Å². The summed E-state index contributed by atoms with van der Waals surface area (Å²) < 4.78 is 5.27. The second kappa shape index (κ2) is 5.73. The summed E-state index contributed by atoms with van der Waals surface area (Å²) >= 11 is 0. The average molecular weight is 290 g/mol. The van der Waals surface area contributed by atoms with Gasteiger partial charge in [-0.15, -0.1) is 0 Å². The molecule has 1 N–H and O–H groups in total. The number of hydrogen-bond donors (Lipinski definition) is 1. The zero-order chi connectivity index (χ0) is 14.8. The van der Waals surface area contributed by atoms with Crippen molar-refractivity contribution in [1.29, 1.82) is 0 Å². The van der Waals surface area contributed by atoms with Gasteiger partial charge in [0.1, 0.15) is 0 Å². The largest absolute Gasteiger partial charge is 0.481 e. The molecule has 0 radical (unpaired) electrons. The molecule has 112 valence electrons. The quantitative estimate of drug-likeness (QED) is 0.896. The molecule has 1 fully saturated rings. The van der Waals surface area contributed by atoms with Gasteiger partial charge in [0.25, 0.3) is 0 Å². The van der Waals surface area contributed by atoms with Gasteiger partial charge in [0.2, 0.25) is 0 Å². The number of urea groups is 1. The van der Waals surface area contributed by atoms with Crippen LogP contribution >= 0.6 is 0 Å². The Morgan fingerprint density at radius 1 is 1.24 bits per heavy atom. The number of aliphatic carboxylic acids is 1. The third-order valence-corrected chi connectivity index (χ3v) is 4.00. The van der Waals surface area contributed by atoms with Crippen LogP contribution in [0.3, 0.4) is 0 Å². The van der Waals surface area contributed by atoms with E-state index in [0.29, 0.717) is 32.8 Å². The molecule has 2 amide bonds. The second-order valence-electron chi connectivity index (χ2n) is 5.35. The third kappa shape index (κ3) is 2.71. The van der Waals surface area contributed by atoms with Crippen molar-refractivity contribution in [3.8, 4) is 0 Å². The lowest BCUT2D eigenvalue weighted by molar-refractivity contribution is -0.137. The number of morpholine rings is 1. The highest BCUT2D eigenvalue weighted by atomic mass is 16.5. The lowest BCUT2D eigenvalue weighted by Gasteiger charge is -2.31. The number of para-hydroxylation sites is 1. The van der Waals surface area contributed by atoms with E-state index in [1.165, 1.54) is 0 Å². The highest BCUT2D eigenvalue weighted by Crippen LogP contribution is 2.38. The molecule has 2 aliphatic heterocycles. The smallest absolute Gasteiger partial charge is 0.324 e. The SMILES string of the molecule is O=C(O)CC1CN(C(=O)N2CCOCC2)c2ccccc21. The number of carbonyl (C=O) groups is 2. The van der Waals surface area contributed by atoms with E-state index in [9.17, 15) is 9.59 Å². The molecule has 0 aromatic heterocycles. The standard InChI is InChI=1S/C15H18N2O4/c18-14(19)9-11-10-17(13-4-2-1-3-12(11)13)15(20)16-5-7-21-8-6-16/h1-4,11H,5-10H2,(H,18,19). The van der Waals surface area contributed by atoms with Crippen LogP contribution in [0.5, 0.6) is 0 Å². The predicted octanol–water partition coefficient (Wildman–Crippen LogP) is 1.52. The van der Waals surface area contributed by atoms with Gasteiger partial charge in [-0.2, -0.15) is 0 Å². The molecular weight excluding hydrogens is 272 g/mol. The Balaban J connectivity index is 1.83. The van der Waals surface area contributed by atoms with Crippen molar-refractivity contribution in [3.63, 3.8) is 0 Å². The molecule has 0 saturated carbocycles. The highest BCUT2D eigenvalue weighted by molar-refractivity contribution is 5.95. The van der Waals surface area contributed by atoms with Crippen molar-refractivity contribution in [1.82, 2.24) is 4.90 Å². The molecule has 0 aliphatic carbocycles. The molecule has 1 aromatic rings. The van der Waals surface area contributed by atoms with Crippen LogP contribution in [0.25, 0.3) is 0 Å². The van der Waals surface area contributed by atoms with Crippen molar-refractivity contribution in [2.45, 2.75) is 12.3 Å². The molecule has 3 rings (SSSR count). The Bertz CT molecular complexity index is 554. The van der Waals surface area contributed by atoms with Gasteiger partial charge in [0.15, 0.2) is 0 Å². The molecule has 0 spiro atoms. The molecule has 6 nitrogen and oxygen atoms in total. The van der Waals surface area contributed by atoms with Crippen LogP contribution in [-0.2, 0) is 9.53 Å². The molecule has 0 bridgehead atoms. The number of amides is 2. The van der Waals surface area contributed by atoms with Gasteiger partial charge in [0.05, 0.1) is 19.6 Å². The predicted molar refractivity (Wildman–Crippen MR) is 76.6 cm³/mol. The third-order valence-electron chi connectivity index (χ3n) is 4.00. The fourth-order valence-corrected chi connectivity index (χ4v) is 2.99. The lowest BCUT2D eigenvalue weighted by Crippen LogP contribution is -2.48. The minimum Gasteiger partial charge on any atom is -0.481 e. The fraction of sp³-hybridized carbons (Fsp3) is 0.467. The molecule has 6 heteroatoms. The first-order valence-corrected chi connectivity index (χ1v) is 7.11. The van der Waals surface area contributed by atoms with E-state index in [2.05, 4.69) is 0 Å².